The monoisotopic (exact) mass is 297 g/mol. The van der Waals surface area contributed by atoms with E-state index >= 15 is 0 Å². The average molecular weight is 297 g/mol. The molecule has 122 valence electrons. The zero-order valence-corrected chi connectivity index (χ0v) is 13.6. The fourth-order valence-electron chi connectivity index (χ4n) is 3.44. The van der Waals surface area contributed by atoms with Crippen molar-refractivity contribution in [1.82, 2.24) is 14.7 Å². The van der Waals surface area contributed by atoms with Crippen LogP contribution in [0, 0.1) is 0 Å². The van der Waals surface area contributed by atoms with Gasteiger partial charge in [0.05, 0.1) is 6.10 Å². The molecular formula is C16H31N3O2. The summed E-state index contributed by atoms with van der Waals surface area (Å²) in [7, 11) is 0. The Bertz CT molecular complexity index is 329. The minimum absolute atomic E-state index is 0.264. The molecule has 1 N–H and O–H groups in total. The Morgan fingerprint density at radius 3 is 2.52 bits per heavy atom. The summed E-state index contributed by atoms with van der Waals surface area (Å²) >= 11 is 0. The lowest BCUT2D eigenvalue weighted by molar-refractivity contribution is -0.132. The SMILES string of the molecule is CC(O)CN1CCN(CCC(=O)N2CCCCC2)CC1C. The number of carbonyl (C=O) groups excluding carboxylic acids is 1. The molecule has 1 amide bonds. The van der Waals surface area contributed by atoms with Gasteiger partial charge in [-0.3, -0.25) is 9.69 Å². The van der Waals surface area contributed by atoms with E-state index in [0.717, 1.165) is 45.8 Å². The van der Waals surface area contributed by atoms with Crippen LogP contribution in [0.5, 0.6) is 0 Å². The van der Waals surface area contributed by atoms with Crippen molar-refractivity contribution in [1.29, 1.82) is 0 Å². The van der Waals surface area contributed by atoms with Crippen LogP contribution in [0.15, 0.2) is 0 Å². The molecule has 0 radical (unpaired) electrons. The smallest absolute Gasteiger partial charge is 0.223 e. The summed E-state index contributed by atoms with van der Waals surface area (Å²) in [4.78, 5) is 19.0. The first kappa shape index (κ1) is 16.7. The van der Waals surface area contributed by atoms with Crippen LogP contribution in [0.3, 0.4) is 0 Å². The molecular weight excluding hydrogens is 266 g/mol. The highest BCUT2D eigenvalue weighted by Gasteiger charge is 2.25. The number of piperidine rings is 1. The second kappa shape index (κ2) is 8.11. The molecule has 0 bridgehead atoms. The Morgan fingerprint density at radius 2 is 1.90 bits per heavy atom. The van der Waals surface area contributed by atoms with Gasteiger partial charge < -0.3 is 14.9 Å². The van der Waals surface area contributed by atoms with E-state index in [1.165, 1.54) is 19.3 Å². The quantitative estimate of drug-likeness (QED) is 0.814. The topological polar surface area (TPSA) is 47.0 Å². The number of likely N-dealkylation sites (tertiary alicyclic amines) is 1. The van der Waals surface area contributed by atoms with Gasteiger partial charge in [0.2, 0.25) is 5.91 Å². The summed E-state index contributed by atoms with van der Waals surface area (Å²) in [6, 6.07) is 0.457. The van der Waals surface area contributed by atoms with Gasteiger partial charge in [-0.05, 0) is 33.1 Å². The molecule has 2 atom stereocenters. The van der Waals surface area contributed by atoms with E-state index < -0.39 is 0 Å². The van der Waals surface area contributed by atoms with Crippen LogP contribution in [0.4, 0.5) is 0 Å². The molecule has 2 aliphatic heterocycles. The van der Waals surface area contributed by atoms with Crippen molar-refractivity contribution in [2.75, 3.05) is 45.8 Å². The van der Waals surface area contributed by atoms with E-state index in [1.807, 2.05) is 11.8 Å². The Labute approximate surface area is 128 Å². The van der Waals surface area contributed by atoms with Crippen molar-refractivity contribution >= 4 is 5.91 Å². The zero-order chi connectivity index (χ0) is 15.2. The number of aliphatic hydroxyl groups is 1. The molecule has 2 heterocycles. The Balaban J connectivity index is 1.68. The van der Waals surface area contributed by atoms with Crippen molar-refractivity contribution in [3.05, 3.63) is 0 Å². The van der Waals surface area contributed by atoms with Crippen LogP contribution in [0.25, 0.3) is 0 Å². The van der Waals surface area contributed by atoms with Crippen LogP contribution < -0.4 is 0 Å². The summed E-state index contributed by atoms with van der Waals surface area (Å²) in [6.45, 7) is 10.6. The van der Waals surface area contributed by atoms with Crippen molar-refractivity contribution < 1.29 is 9.90 Å². The van der Waals surface area contributed by atoms with Gasteiger partial charge in [-0.2, -0.15) is 0 Å². The Kier molecular flexibility index (Phi) is 6.45. The maximum Gasteiger partial charge on any atom is 0.223 e. The number of hydrogen-bond acceptors (Lipinski definition) is 4. The Hall–Kier alpha value is -0.650. The molecule has 5 nitrogen and oxygen atoms in total. The molecule has 21 heavy (non-hydrogen) atoms. The Morgan fingerprint density at radius 1 is 1.19 bits per heavy atom. The normalized spacial score (nSPS) is 26.8. The lowest BCUT2D eigenvalue weighted by Gasteiger charge is -2.40. The second-order valence-corrected chi connectivity index (χ2v) is 6.69. The fourth-order valence-corrected chi connectivity index (χ4v) is 3.44. The molecule has 0 aromatic rings. The fraction of sp³-hybridized carbons (Fsp3) is 0.938. The van der Waals surface area contributed by atoms with Gasteiger partial charge >= 0.3 is 0 Å². The van der Waals surface area contributed by atoms with Crippen molar-refractivity contribution in [2.45, 2.75) is 51.7 Å². The van der Waals surface area contributed by atoms with Gasteiger partial charge in [0.15, 0.2) is 0 Å². The average Bonchev–Trinajstić information content (AvgIpc) is 2.48. The predicted octanol–water partition coefficient (Wildman–Crippen LogP) is 0.776. The highest BCUT2D eigenvalue weighted by atomic mass is 16.3. The highest BCUT2D eigenvalue weighted by molar-refractivity contribution is 5.76. The first-order valence-electron chi connectivity index (χ1n) is 8.48. The molecule has 5 heteroatoms. The third-order valence-electron chi connectivity index (χ3n) is 4.70. The molecule has 2 unspecified atom stereocenters. The van der Waals surface area contributed by atoms with Crippen molar-refractivity contribution in [3.8, 4) is 0 Å². The first-order valence-corrected chi connectivity index (χ1v) is 8.48. The third kappa shape index (κ3) is 5.24. The zero-order valence-electron chi connectivity index (χ0n) is 13.6. The summed E-state index contributed by atoms with van der Waals surface area (Å²) in [5.41, 5.74) is 0. The van der Waals surface area contributed by atoms with E-state index in [9.17, 15) is 9.90 Å². The third-order valence-corrected chi connectivity index (χ3v) is 4.70. The van der Waals surface area contributed by atoms with Crippen LogP contribution in [0.1, 0.15) is 39.5 Å². The molecule has 2 fully saturated rings. The summed E-state index contributed by atoms with van der Waals surface area (Å²) in [5, 5.41) is 9.50. The first-order chi connectivity index (χ1) is 10.1. The maximum atomic E-state index is 12.2. The number of aliphatic hydroxyl groups excluding tert-OH is 1. The number of piperazine rings is 1. The number of hydrogen-bond donors (Lipinski definition) is 1. The minimum atomic E-state index is -0.264. The number of rotatable bonds is 5. The van der Waals surface area contributed by atoms with Crippen LogP contribution in [-0.2, 0) is 4.79 Å². The lowest BCUT2D eigenvalue weighted by atomic mass is 10.1. The van der Waals surface area contributed by atoms with E-state index in [2.05, 4.69) is 16.7 Å². The van der Waals surface area contributed by atoms with Crippen molar-refractivity contribution in [3.63, 3.8) is 0 Å². The largest absolute Gasteiger partial charge is 0.392 e. The van der Waals surface area contributed by atoms with Gasteiger partial charge in [0.25, 0.3) is 0 Å². The van der Waals surface area contributed by atoms with Gasteiger partial charge in [0.1, 0.15) is 0 Å². The summed E-state index contributed by atoms with van der Waals surface area (Å²) < 4.78 is 0. The summed E-state index contributed by atoms with van der Waals surface area (Å²) in [5.74, 6) is 0.328. The summed E-state index contributed by atoms with van der Waals surface area (Å²) in [6.07, 6.45) is 4.00. The number of β-amino-alcohol motifs (C(OH)–C–C–N with tert-alkyl or cyclic N) is 1. The van der Waals surface area contributed by atoms with Crippen LogP contribution in [-0.4, -0.2) is 83.7 Å². The predicted molar refractivity (Wildman–Crippen MR) is 84.2 cm³/mol. The lowest BCUT2D eigenvalue weighted by Crippen LogP contribution is -2.53. The molecule has 2 rings (SSSR count). The molecule has 0 aliphatic carbocycles. The number of nitrogens with zero attached hydrogens (tertiary/aromatic N) is 3. The molecule has 2 saturated heterocycles. The molecule has 0 saturated carbocycles. The van der Waals surface area contributed by atoms with E-state index in [1.54, 1.807) is 0 Å². The van der Waals surface area contributed by atoms with E-state index in [-0.39, 0.29) is 6.10 Å². The number of carbonyl (C=O) groups is 1. The molecule has 0 aromatic heterocycles. The number of amides is 1. The molecule has 2 aliphatic rings. The van der Waals surface area contributed by atoms with E-state index in [0.29, 0.717) is 18.4 Å². The van der Waals surface area contributed by atoms with Crippen LogP contribution >= 0.6 is 0 Å². The maximum absolute atomic E-state index is 12.2. The molecule has 0 aromatic carbocycles. The molecule has 0 spiro atoms. The second-order valence-electron chi connectivity index (χ2n) is 6.69. The highest BCUT2D eigenvalue weighted by Crippen LogP contribution is 2.13. The van der Waals surface area contributed by atoms with Gasteiger partial charge in [-0.15, -0.1) is 0 Å². The van der Waals surface area contributed by atoms with Crippen LogP contribution in [0.2, 0.25) is 0 Å². The van der Waals surface area contributed by atoms with Crippen molar-refractivity contribution in [2.24, 2.45) is 0 Å². The van der Waals surface area contributed by atoms with Gasteiger partial charge in [-0.1, -0.05) is 0 Å². The van der Waals surface area contributed by atoms with Gasteiger partial charge in [-0.25, -0.2) is 0 Å². The van der Waals surface area contributed by atoms with E-state index in [4.69, 9.17) is 0 Å². The minimum Gasteiger partial charge on any atom is -0.392 e. The van der Waals surface area contributed by atoms with Gasteiger partial charge in [0, 0.05) is 58.3 Å². The standard InChI is InChI=1S/C16H31N3O2/c1-14-12-17(10-11-19(14)13-15(2)20)9-6-16(21)18-7-4-3-5-8-18/h14-15,20H,3-13H2,1-2H3.